The van der Waals surface area contributed by atoms with Gasteiger partial charge < -0.3 is 0 Å². The summed E-state index contributed by atoms with van der Waals surface area (Å²) in [7, 11) is 0. The van der Waals surface area contributed by atoms with E-state index < -0.39 is 0 Å². The summed E-state index contributed by atoms with van der Waals surface area (Å²) in [4.78, 5) is 0. The summed E-state index contributed by atoms with van der Waals surface area (Å²) >= 11 is 11.8. The molecule has 2 heteroatoms. The Morgan fingerprint density at radius 2 is 2.10 bits per heavy atom. The Hall–Kier alpha value is 0.0600. The Kier molecular flexibility index (Phi) is 2.43. The fraction of sp³-hybridized carbons (Fsp3) is 0.500. The van der Waals surface area contributed by atoms with E-state index in [-0.39, 0.29) is 0 Å². The molecule has 0 N–H and O–H groups in total. The largest absolute Gasteiger partial charge is 0.0888 e. The van der Waals surface area contributed by atoms with Crippen LogP contribution in [-0.4, -0.2) is 0 Å². The van der Waals surface area contributed by atoms with Crippen LogP contribution in [0.25, 0.3) is 0 Å². The number of rotatable bonds is 0. The van der Waals surface area contributed by atoms with Crippen LogP contribution in [0.5, 0.6) is 0 Å². The summed E-state index contributed by atoms with van der Waals surface area (Å²) in [6.45, 7) is 4.06. The van der Waals surface area contributed by atoms with Crippen molar-refractivity contribution in [2.45, 2.75) is 20.3 Å². The van der Waals surface area contributed by atoms with Gasteiger partial charge in [-0.05, 0) is 30.9 Å². The monoisotopic (exact) mass is 176 g/mol. The van der Waals surface area contributed by atoms with Crippen molar-refractivity contribution in [3.63, 3.8) is 0 Å². The maximum absolute atomic E-state index is 5.90. The van der Waals surface area contributed by atoms with Crippen LogP contribution in [0.2, 0.25) is 0 Å². The molecule has 1 rings (SSSR count). The van der Waals surface area contributed by atoms with Gasteiger partial charge in [0.05, 0.1) is 0 Å². The number of hydrogen-bond donors (Lipinski definition) is 0. The van der Waals surface area contributed by atoms with Crippen LogP contribution in [0.3, 0.4) is 0 Å². The lowest BCUT2D eigenvalue weighted by Gasteiger charge is -2.16. The molecule has 0 saturated heterocycles. The van der Waals surface area contributed by atoms with Crippen LogP contribution < -0.4 is 0 Å². The van der Waals surface area contributed by atoms with Crippen LogP contribution in [-0.2, 0) is 0 Å². The molecule has 1 atom stereocenters. The first kappa shape index (κ1) is 8.16. The third-order valence-electron chi connectivity index (χ3n) is 1.74. The second-order valence-corrected chi connectivity index (χ2v) is 3.61. The molecule has 0 spiro atoms. The van der Waals surface area contributed by atoms with Crippen molar-refractivity contribution < 1.29 is 0 Å². The zero-order chi connectivity index (χ0) is 7.72. The van der Waals surface area contributed by atoms with Crippen molar-refractivity contribution in [1.29, 1.82) is 0 Å². The summed E-state index contributed by atoms with van der Waals surface area (Å²) in [5, 5.41) is 1.86. The van der Waals surface area contributed by atoms with E-state index in [1.165, 1.54) is 0 Å². The first-order valence-electron chi connectivity index (χ1n) is 3.33. The molecule has 0 aromatic rings. The molecule has 0 saturated carbocycles. The lowest BCUT2D eigenvalue weighted by molar-refractivity contribution is 0.707. The highest BCUT2D eigenvalue weighted by Crippen LogP contribution is 2.32. The summed E-state index contributed by atoms with van der Waals surface area (Å²) < 4.78 is 0. The maximum Gasteiger partial charge on any atom is 0.0216 e. The Labute approximate surface area is 71.5 Å². The van der Waals surface area contributed by atoms with E-state index in [9.17, 15) is 0 Å². The smallest absolute Gasteiger partial charge is 0.0216 e. The van der Waals surface area contributed by atoms with Gasteiger partial charge in [0.2, 0.25) is 0 Å². The van der Waals surface area contributed by atoms with Gasteiger partial charge >= 0.3 is 0 Å². The Morgan fingerprint density at radius 3 is 2.60 bits per heavy atom. The average molecular weight is 177 g/mol. The molecular formula is C8H10Cl2. The van der Waals surface area contributed by atoms with Crippen LogP contribution in [0.4, 0.5) is 0 Å². The molecular weight excluding hydrogens is 167 g/mol. The average Bonchev–Trinajstić information content (AvgIpc) is 1.84. The summed E-state index contributed by atoms with van der Waals surface area (Å²) in [6, 6.07) is 0. The minimum absolute atomic E-state index is 0.401. The molecule has 56 valence electrons. The van der Waals surface area contributed by atoms with Crippen molar-refractivity contribution in [3.05, 3.63) is 21.7 Å². The SMILES string of the molecule is CC1=C(Cl)CC(C)C(Cl)=C1. The van der Waals surface area contributed by atoms with E-state index in [2.05, 4.69) is 6.92 Å². The van der Waals surface area contributed by atoms with Crippen LogP contribution in [0, 0.1) is 5.92 Å². The topological polar surface area (TPSA) is 0 Å². The molecule has 10 heavy (non-hydrogen) atoms. The Morgan fingerprint density at radius 1 is 1.50 bits per heavy atom. The van der Waals surface area contributed by atoms with Gasteiger partial charge in [0.15, 0.2) is 0 Å². The molecule has 1 aliphatic rings. The molecule has 0 nitrogen and oxygen atoms in total. The molecule has 0 fully saturated rings. The minimum Gasteiger partial charge on any atom is -0.0888 e. The van der Waals surface area contributed by atoms with Crippen LogP contribution >= 0.6 is 23.2 Å². The molecule has 0 amide bonds. The van der Waals surface area contributed by atoms with E-state index in [0.29, 0.717) is 5.92 Å². The molecule has 0 radical (unpaired) electrons. The van der Waals surface area contributed by atoms with E-state index in [4.69, 9.17) is 23.2 Å². The molecule has 1 unspecified atom stereocenters. The normalized spacial score (nSPS) is 26.8. The van der Waals surface area contributed by atoms with Crippen molar-refractivity contribution in [3.8, 4) is 0 Å². The fourth-order valence-electron chi connectivity index (χ4n) is 0.955. The van der Waals surface area contributed by atoms with Gasteiger partial charge in [0, 0.05) is 10.1 Å². The van der Waals surface area contributed by atoms with E-state index in [1.807, 2.05) is 13.0 Å². The van der Waals surface area contributed by atoms with Crippen LogP contribution in [0.1, 0.15) is 20.3 Å². The van der Waals surface area contributed by atoms with Gasteiger partial charge in [0.1, 0.15) is 0 Å². The Balaban J connectivity index is 2.88. The summed E-state index contributed by atoms with van der Waals surface area (Å²) in [5.41, 5.74) is 1.10. The summed E-state index contributed by atoms with van der Waals surface area (Å²) in [5.74, 6) is 0.401. The second kappa shape index (κ2) is 2.98. The van der Waals surface area contributed by atoms with Gasteiger partial charge in [-0.2, -0.15) is 0 Å². The van der Waals surface area contributed by atoms with Crippen LogP contribution in [0.15, 0.2) is 21.7 Å². The molecule has 0 aromatic carbocycles. The van der Waals surface area contributed by atoms with Gasteiger partial charge in [-0.15, -0.1) is 0 Å². The van der Waals surface area contributed by atoms with Gasteiger partial charge in [-0.25, -0.2) is 0 Å². The standard InChI is InChI=1S/C8H10Cl2/c1-5-3-8(10)6(2)4-7(5)9/h3,6H,4H2,1-2H3. The molecule has 0 bridgehead atoms. The van der Waals surface area contributed by atoms with Crippen molar-refractivity contribution >= 4 is 23.2 Å². The first-order chi connectivity index (χ1) is 4.61. The molecule has 1 aliphatic carbocycles. The van der Waals surface area contributed by atoms with Gasteiger partial charge in [0.25, 0.3) is 0 Å². The summed E-state index contributed by atoms with van der Waals surface area (Å²) in [6.07, 6.45) is 2.83. The highest BCUT2D eigenvalue weighted by Gasteiger charge is 2.14. The quantitative estimate of drug-likeness (QED) is 0.529. The molecule has 0 aliphatic heterocycles. The lowest BCUT2D eigenvalue weighted by Crippen LogP contribution is -2.00. The van der Waals surface area contributed by atoms with E-state index in [0.717, 1.165) is 22.1 Å². The molecule has 0 heterocycles. The van der Waals surface area contributed by atoms with Crippen molar-refractivity contribution in [1.82, 2.24) is 0 Å². The molecule has 0 aromatic heterocycles. The van der Waals surface area contributed by atoms with Gasteiger partial charge in [-0.3, -0.25) is 0 Å². The fourth-order valence-corrected chi connectivity index (χ4v) is 1.48. The number of allylic oxidation sites excluding steroid dienone is 4. The Bertz CT molecular complexity index is 201. The maximum atomic E-state index is 5.90. The van der Waals surface area contributed by atoms with Crippen molar-refractivity contribution in [2.24, 2.45) is 5.92 Å². The third-order valence-corrected chi connectivity index (χ3v) is 2.67. The zero-order valence-electron chi connectivity index (χ0n) is 6.12. The highest BCUT2D eigenvalue weighted by molar-refractivity contribution is 6.32. The predicted molar refractivity (Wildman–Crippen MR) is 46.3 cm³/mol. The second-order valence-electron chi connectivity index (χ2n) is 2.72. The zero-order valence-corrected chi connectivity index (χ0v) is 7.63. The minimum atomic E-state index is 0.401. The first-order valence-corrected chi connectivity index (χ1v) is 4.09. The van der Waals surface area contributed by atoms with E-state index in [1.54, 1.807) is 0 Å². The van der Waals surface area contributed by atoms with E-state index >= 15 is 0 Å². The lowest BCUT2D eigenvalue weighted by atomic mass is 9.99. The third kappa shape index (κ3) is 1.56. The number of halogens is 2. The number of hydrogen-bond acceptors (Lipinski definition) is 0. The highest BCUT2D eigenvalue weighted by atomic mass is 35.5. The van der Waals surface area contributed by atoms with Crippen molar-refractivity contribution in [2.75, 3.05) is 0 Å². The predicted octanol–water partition coefficient (Wildman–Crippen LogP) is 3.66. The van der Waals surface area contributed by atoms with Gasteiger partial charge in [-0.1, -0.05) is 30.1 Å².